The summed E-state index contributed by atoms with van der Waals surface area (Å²) in [5.41, 5.74) is 7.64. The maximum atomic E-state index is 5.74. The van der Waals surface area contributed by atoms with E-state index in [4.69, 9.17) is 10.3 Å². The Morgan fingerprint density at radius 2 is 1.85 bits per heavy atom. The molecule has 0 spiro atoms. The van der Waals surface area contributed by atoms with Gasteiger partial charge in [0.25, 0.3) is 0 Å². The van der Waals surface area contributed by atoms with E-state index >= 15 is 0 Å². The number of nitrogen functional groups attached to an aromatic ring is 1. The SMILES string of the molecule is Nc1cccc(CCc2nc(-c3ncccn3)no2)c1. The minimum Gasteiger partial charge on any atom is -0.399 e. The number of nitrogens with zero attached hydrogens (tertiary/aromatic N) is 4. The van der Waals surface area contributed by atoms with Crippen molar-refractivity contribution in [3.63, 3.8) is 0 Å². The zero-order valence-corrected chi connectivity index (χ0v) is 10.7. The smallest absolute Gasteiger partial charge is 0.240 e. The zero-order valence-electron chi connectivity index (χ0n) is 10.7. The second-order valence-corrected chi connectivity index (χ2v) is 4.33. The third kappa shape index (κ3) is 2.80. The van der Waals surface area contributed by atoms with Gasteiger partial charge < -0.3 is 10.3 Å². The summed E-state index contributed by atoms with van der Waals surface area (Å²) in [5, 5.41) is 3.88. The van der Waals surface area contributed by atoms with E-state index in [0.29, 0.717) is 24.0 Å². The maximum Gasteiger partial charge on any atom is 0.240 e. The van der Waals surface area contributed by atoms with Crippen LogP contribution in [0.5, 0.6) is 0 Å². The molecule has 0 atom stereocenters. The zero-order chi connectivity index (χ0) is 13.8. The van der Waals surface area contributed by atoms with Crippen LogP contribution in [0.4, 0.5) is 5.69 Å². The molecule has 6 heteroatoms. The van der Waals surface area contributed by atoms with Crippen LogP contribution in [0.2, 0.25) is 0 Å². The minimum absolute atomic E-state index is 0.410. The molecule has 0 bridgehead atoms. The van der Waals surface area contributed by atoms with Crippen molar-refractivity contribution in [2.45, 2.75) is 12.8 Å². The Hall–Kier alpha value is -2.76. The summed E-state index contributed by atoms with van der Waals surface area (Å²) in [6.45, 7) is 0. The van der Waals surface area contributed by atoms with Crippen LogP contribution in [-0.4, -0.2) is 20.1 Å². The number of hydrogen-bond donors (Lipinski definition) is 1. The Kier molecular flexibility index (Phi) is 3.36. The first-order valence-corrected chi connectivity index (χ1v) is 6.25. The van der Waals surface area contributed by atoms with E-state index in [-0.39, 0.29) is 0 Å². The molecule has 0 fully saturated rings. The highest BCUT2D eigenvalue weighted by molar-refractivity contribution is 5.41. The Labute approximate surface area is 115 Å². The van der Waals surface area contributed by atoms with Crippen molar-refractivity contribution in [3.8, 4) is 11.6 Å². The van der Waals surface area contributed by atoms with E-state index in [1.54, 1.807) is 18.5 Å². The van der Waals surface area contributed by atoms with Crippen LogP contribution >= 0.6 is 0 Å². The molecule has 0 aliphatic carbocycles. The van der Waals surface area contributed by atoms with Gasteiger partial charge in [0.1, 0.15) is 0 Å². The first kappa shape index (κ1) is 12.3. The van der Waals surface area contributed by atoms with Crippen molar-refractivity contribution < 1.29 is 4.52 Å². The van der Waals surface area contributed by atoms with Crippen molar-refractivity contribution in [2.75, 3.05) is 5.73 Å². The maximum absolute atomic E-state index is 5.74. The summed E-state index contributed by atoms with van der Waals surface area (Å²) in [6.07, 6.45) is 4.74. The fourth-order valence-corrected chi connectivity index (χ4v) is 1.86. The molecule has 0 amide bonds. The third-order valence-electron chi connectivity index (χ3n) is 2.81. The van der Waals surface area contributed by atoms with Gasteiger partial charge in [0.2, 0.25) is 17.5 Å². The van der Waals surface area contributed by atoms with E-state index in [1.165, 1.54) is 0 Å². The molecule has 0 saturated carbocycles. The first-order chi connectivity index (χ1) is 9.81. The molecule has 3 rings (SSSR count). The number of aryl methyl sites for hydroxylation is 2. The lowest BCUT2D eigenvalue weighted by atomic mass is 10.1. The fourth-order valence-electron chi connectivity index (χ4n) is 1.86. The summed E-state index contributed by atoms with van der Waals surface area (Å²) in [7, 11) is 0. The Bertz CT molecular complexity index is 696. The molecule has 6 nitrogen and oxygen atoms in total. The predicted molar refractivity (Wildman–Crippen MR) is 73.6 cm³/mol. The minimum atomic E-state index is 0.410. The van der Waals surface area contributed by atoms with Crippen LogP contribution in [0.3, 0.4) is 0 Å². The highest BCUT2D eigenvalue weighted by Gasteiger charge is 2.10. The molecule has 2 N–H and O–H groups in total. The normalized spacial score (nSPS) is 10.6. The van der Waals surface area contributed by atoms with Gasteiger partial charge in [-0.3, -0.25) is 0 Å². The molecular formula is C14H13N5O. The van der Waals surface area contributed by atoms with Crippen LogP contribution in [0.15, 0.2) is 47.2 Å². The van der Waals surface area contributed by atoms with Crippen LogP contribution in [0.25, 0.3) is 11.6 Å². The predicted octanol–water partition coefficient (Wildman–Crippen LogP) is 1.89. The average Bonchev–Trinajstić information content (AvgIpc) is 2.95. The lowest BCUT2D eigenvalue weighted by Crippen LogP contribution is -1.94. The standard InChI is InChI=1S/C14H13N5O/c15-11-4-1-3-10(9-11)5-6-12-18-14(19-20-12)13-16-7-2-8-17-13/h1-4,7-9H,5-6,15H2. The highest BCUT2D eigenvalue weighted by atomic mass is 16.5. The van der Waals surface area contributed by atoms with Crippen molar-refractivity contribution in [1.29, 1.82) is 0 Å². The summed E-state index contributed by atoms with van der Waals surface area (Å²) >= 11 is 0. The molecule has 3 aromatic rings. The van der Waals surface area contributed by atoms with Crippen LogP contribution in [0.1, 0.15) is 11.5 Å². The Morgan fingerprint density at radius 1 is 1.00 bits per heavy atom. The molecule has 2 heterocycles. The quantitative estimate of drug-likeness (QED) is 0.726. The topological polar surface area (TPSA) is 90.7 Å². The molecule has 0 aliphatic heterocycles. The Morgan fingerprint density at radius 3 is 2.65 bits per heavy atom. The largest absolute Gasteiger partial charge is 0.399 e. The summed E-state index contributed by atoms with van der Waals surface area (Å²) in [5.74, 6) is 1.44. The lowest BCUT2D eigenvalue weighted by Gasteiger charge is -1.99. The molecule has 100 valence electrons. The molecule has 0 radical (unpaired) electrons. The second-order valence-electron chi connectivity index (χ2n) is 4.33. The van der Waals surface area contributed by atoms with Gasteiger partial charge in [-0.1, -0.05) is 17.3 Å². The number of aromatic nitrogens is 4. The number of rotatable bonds is 4. The van der Waals surface area contributed by atoms with Gasteiger partial charge in [0.15, 0.2) is 0 Å². The van der Waals surface area contributed by atoms with Gasteiger partial charge in [-0.15, -0.1) is 0 Å². The van der Waals surface area contributed by atoms with Crippen molar-refractivity contribution >= 4 is 5.69 Å². The second kappa shape index (κ2) is 5.48. The van der Waals surface area contributed by atoms with E-state index in [0.717, 1.165) is 17.7 Å². The molecule has 0 unspecified atom stereocenters. The van der Waals surface area contributed by atoms with Gasteiger partial charge in [0.05, 0.1) is 0 Å². The lowest BCUT2D eigenvalue weighted by molar-refractivity contribution is 0.378. The number of hydrogen-bond acceptors (Lipinski definition) is 6. The Balaban J connectivity index is 1.69. The number of benzene rings is 1. The van der Waals surface area contributed by atoms with E-state index in [1.807, 2.05) is 24.3 Å². The monoisotopic (exact) mass is 267 g/mol. The van der Waals surface area contributed by atoms with Crippen LogP contribution < -0.4 is 5.73 Å². The van der Waals surface area contributed by atoms with Crippen molar-refractivity contribution in [3.05, 3.63) is 54.2 Å². The molecule has 0 aliphatic rings. The summed E-state index contributed by atoms with van der Waals surface area (Å²) in [6, 6.07) is 9.50. The fraction of sp³-hybridized carbons (Fsp3) is 0.143. The summed E-state index contributed by atoms with van der Waals surface area (Å²) < 4.78 is 5.20. The van der Waals surface area contributed by atoms with E-state index in [9.17, 15) is 0 Å². The molecule has 1 aromatic carbocycles. The average molecular weight is 267 g/mol. The van der Waals surface area contributed by atoms with E-state index < -0.39 is 0 Å². The summed E-state index contributed by atoms with van der Waals surface area (Å²) in [4.78, 5) is 12.4. The first-order valence-electron chi connectivity index (χ1n) is 6.25. The van der Waals surface area contributed by atoms with Crippen LogP contribution in [-0.2, 0) is 12.8 Å². The molecular weight excluding hydrogens is 254 g/mol. The van der Waals surface area contributed by atoms with Crippen molar-refractivity contribution in [2.24, 2.45) is 0 Å². The highest BCUT2D eigenvalue weighted by Crippen LogP contribution is 2.12. The van der Waals surface area contributed by atoms with E-state index in [2.05, 4.69) is 20.1 Å². The number of anilines is 1. The molecule has 2 aromatic heterocycles. The molecule has 0 saturated heterocycles. The van der Waals surface area contributed by atoms with Gasteiger partial charge in [0, 0.05) is 24.5 Å². The van der Waals surface area contributed by atoms with Crippen molar-refractivity contribution in [1.82, 2.24) is 20.1 Å². The van der Waals surface area contributed by atoms with Gasteiger partial charge in [-0.2, -0.15) is 4.98 Å². The third-order valence-corrected chi connectivity index (χ3v) is 2.81. The van der Waals surface area contributed by atoms with Crippen LogP contribution in [0, 0.1) is 0 Å². The van der Waals surface area contributed by atoms with Gasteiger partial charge in [-0.25, -0.2) is 9.97 Å². The van der Waals surface area contributed by atoms with Gasteiger partial charge in [-0.05, 0) is 30.2 Å². The van der Waals surface area contributed by atoms with Gasteiger partial charge >= 0.3 is 0 Å². The molecule has 20 heavy (non-hydrogen) atoms. The number of nitrogens with two attached hydrogens (primary N) is 1.